The minimum Gasteiger partial charge on any atom is -0.487 e. The predicted molar refractivity (Wildman–Crippen MR) is 159 cm³/mol. The smallest absolute Gasteiger partial charge is 0.417 e. The van der Waals surface area contributed by atoms with Crippen molar-refractivity contribution in [3.8, 4) is 11.5 Å². The average Bonchev–Trinajstić information content (AvgIpc) is 2.85. The number of allylic oxidation sites excluding steroid dienone is 6. The third-order valence-electron chi connectivity index (χ3n) is 7.12. The zero-order chi connectivity index (χ0) is 27.5. The molecule has 1 heterocycles. The number of fused-ring (bicyclic) bond motifs is 1. The van der Waals surface area contributed by atoms with Crippen LogP contribution in [0.2, 0.25) is 0 Å². The van der Waals surface area contributed by atoms with Crippen LogP contribution in [-0.2, 0) is 6.42 Å². The fraction of sp³-hybridized carbons (Fsp3) is 0.441. The molecule has 0 aromatic heterocycles. The van der Waals surface area contributed by atoms with Gasteiger partial charge < -0.3 is 9.47 Å². The number of rotatable bonds is 11. The average molecular weight is 516 g/mol. The second kappa shape index (κ2) is 14.0. The van der Waals surface area contributed by atoms with Gasteiger partial charge in [-0.1, -0.05) is 53.1 Å². The van der Waals surface area contributed by atoms with Crippen LogP contribution in [0.3, 0.4) is 0 Å². The number of ether oxygens (including phenoxy) is 2. The Hall–Kier alpha value is -3.27. The molecular formula is C34H45NO3. The van der Waals surface area contributed by atoms with Crippen molar-refractivity contribution in [3.05, 3.63) is 88.5 Å². The van der Waals surface area contributed by atoms with Crippen molar-refractivity contribution in [1.82, 2.24) is 0 Å². The van der Waals surface area contributed by atoms with Crippen LogP contribution in [0.1, 0.15) is 90.7 Å². The van der Waals surface area contributed by atoms with Gasteiger partial charge in [-0.2, -0.15) is 0 Å². The maximum absolute atomic E-state index is 12.3. The summed E-state index contributed by atoms with van der Waals surface area (Å²) in [5.41, 5.74) is 6.94. The largest absolute Gasteiger partial charge is 0.487 e. The number of hydrogen-bond donors (Lipinski definition) is 1. The van der Waals surface area contributed by atoms with Crippen LogP contribution >= 0.6 is 0 Å². The number of nitrogens with one attached hydrogen (secondary N) is 1. The van der Waals surface area contributed by atoms with Gasteiger partial charge >= 0.3 is 6.09 Å². The van der Waals surface area contributed by atoms with E-state index in [9.17, 15) is 4.79 Å². The molecule has 1 aliphatic rings. The molecule has 0 fully saturated rings. The Morgan fingerprint density at radius 3 is 2.32 bits per heavy atom. The predicted octanol–water partition coefficient (Wildman–Crippen LogP) is 9.89. The number of para-hydroxylation sites is 1. The lowest BCUT2D eigenvalue weighted by atomic mass is 9.87. The summed E-state index contributed by atoms with van der Waals surface area (Å²) < 4.78 is 12.1. The fourth-order valence-corrected chi connectivity index (χ4v) is 4.81. The normalized spacial score (nSPS) is 17.3. The lowest BCUT2D eigenvalue weighted by molar-refractivity contribution is 0.0561. The highest BCUT2D eigenvalue weighted by molar-refractivity contribution is 5.86. The third kappa shape index (κ3) is 9.55. The first-order valence-corrected chi connectivity index (χ1v) is 13.9. The van der Waals surface area contributed by atoms with Gasteiger partial charge in [0.05, 0.1) is 0 Å². The van der Waals surface area contributed by atoms with Crippen LogP contribution in [-0.4, -0.2) is 11.7 Å². The molecule has 4 nitrogen and oxygen atoms in total. The molecule has 3 rings (SSSR count). The number of hydrogen-bond acceptors (Lipinski definition) is 3. The molecule has 38 heavy (non-hydrogen) atoms. The van der Waals surface area contributed by atoms with Gasteiger partial charge in [-0.25, -0.2) is 4.79 Å². The van der Waals surface area contributed by atoms with E-state index in [4.69, 9.17) is 9.47 Å². The van der Waals surface area contributed by atoms with Gasteiger partial charge in [0, 0.05) is 5.69 Å². The van der Waals surface area contributed by atoms with Crippen molar-refractivity contribution in [3.63, 3.8) is 0 Å². The van der Waals surface area contributed by atoms with Gasteiger partial charge in [-0.15, -0.1) is 0 Å². The summed E-state index contributed by atoms with van der Waals surface area (Å²) in [6, 6.07) is 13.1. The first-order valence-electron chi connectivity index (χ1n) is 13.9. The molecule has 1 amide bonds. The molecule has 1 N–H and O–H groups in total. The Labute approximate surface area is 229 Å². The van der Waals surface area contributed by atoms with Gasteiger partial charge in [0.15, 0.2) is 0 Å². The van der Waals surface area contributed by atoms with Gasteiger partial charge in [0.1, 0.15) is 17.1 Å². The van der Waals surface area contributed by atoms with Crippen LogP contribution in [0.15, 0.2) is 77.4 Å². The van der Waals surface area contributed by atoms with E-state index in [-0.39, 0.29) is 5.60 Å². The van der Waals surface area contributed by atoms with Crippen molar-refractivity contribution in [2.24, 2.45) is 0 Å². The summed E-state index contributed by atoms with van der Waals surface area (Å²) in [6.07, 6.45) is 15.0. The lowest BCUT2D eigenvalue weighted by Crippen LogP contribution is -2.36. The third-order valence-corrected chi connectivity index (χ3v) is 7.12. The minimum atomic E-state index is -0.492. The van der Waals surface area contributed by atoms with Gasteiger partial charge in [-0.05, 0) is 128 Å². The van der Waals surface area contributed by atoms with E-state index in [0.29, 0.717) is 11.4 Å². The standard InChI is InChI=1S/C34H45NO3/c1-25(2)13-10-14-26(3)15-11-16-27(4)17-12-21-34(6)22-20-29-24-31(23-28(5)32(29)38-34)37-33(36)35-30-18-8-7-9-19-30/h7-9,13,15,17-19,23-24H,10-12,14,16,20-22H2,1-6H3,(H,35,36). The van der Waals surface area contributed by atoms with Crippen LogP contribution in [0.5, 0.6) is 11.5 Å². The molecule has 2 aromatic rings. The zero-order valence-electron chi connectivity index (χ0n) is 24.2. The molecule has 0 radical (unpaired) electrons. The van der Waals surface area contributed by atoms with Gasteiger partial charge in [0.2, 0.25) is 0 Å². The van der Waals surface area contributed by atoms with E-state index in [1.807, 2.05) is 49.4 Å². The Bertz CT molecular complexity index is 1170. The van der Waals surface area contributed by atoms with E-state index in [2.05, 4.69) is 58.2 Å². The molecule has 0 saturated carbocycles. The lowest BCUT2D eigenvalue weighted by Gasteiger charge is -2.37. The highest BCUT2D eigenvalue weighted by atomic mass is 16.6. The molecule has 0 bridgehead atoms. The molecule has 0 spiro atoms. The molecule has 1 unspecified atom stereocenters. The second-order valence-corrected chi connectivity index (χ2v) is 11.2. The number of amides is 1. The quantitative estimate of drug-likeness (QED) is 0.303. The van der Waals surface area contributed by atoms with Gasteiger partial charge in [-0.3, -0.25) is 5.32 Å². The monoisotopic (exact) mass is 515 g/mol. The Morgan fingerprint density at radius 1 is 0.974 bits per heavy atom. The summed E-state index contributed by atoms with van der Waals surface area (Å²) in [4.78, 5) is 12.3. The summed E-state index contributed by atoms with van der Waals surface area (Å²) >= 11 is 0. The fourth-order valence-electron chi connectivity index (χ4n) is 4.81. The molecule has 4 heteroatoms. The Balaban J connectivity index is 1.49. The number of carbonyl (C=O) groups is 1. The second-order valence-electron chi connectivity index (χ2n) is 11.2. The summed E-state index contributed by atoms with van der Waals surface area (Å²) in [6.45, 7) is 13.0. The zero-order valence-corrected chi connectivity index (χ0v) is 24.2. The summed E-state index contributed by atoms with van der Waals surface area (Å²) in [5, 5.41) is 2.76. The molecule has 0 saturated heterocycles. The van der Waals surface area contributed by atoms with E-state index in [1.54, 1.807) is 0 Å². The van der Waals surface area contributed by atoms with Crippen LogP contribution < -0.4 is 14.8 Å². The van der Waals surface area contributed by atoms with Crippen LogP contribution in [0, 0.1) is 6.92 Å². The highest BCUT2D eigenvalue weighted by Gasteiger charge is 2.32. The molecule has 0 aliphatic carbocycles. The van der Waals surface area contributed by atoms with Crippen molar-refractivity contribution >= 4 is 11.8 Å². The molecular weight excluding hydrogens is 470 g/mol. The van der Waals surface area contributed by atoms with E-state index >= 15 is 0 Å². The molecule has 1 aliphatic heterocycles. The Morgan fingerprint density at radius 2 is 1.63 bits per heavy atom. The summed E-state index contributed by atoms with van der Waals surface area (Å²) in [5.74, 6) is 1.48. The summed E-state index contributed by atoms with van der Waals surface area (Å²) in [7, 11) is 0. The van der Waals surface area contributed by atoms with E-state index in [0.717, 1.165) is 68.2 Å². The number of anilines is 1. The van der Waals surface area contributed by atoms with E-state index in [1.165, 1.54) is 16.7 Å². The van der Waals surface area contributed by atoms with Crippen LogP contribution in [0.25, 0.3) is 0 Å². The van der Waals surface area contributed by atoms with Crippen LogP contribution in [0.4, 0.5) is 10.5 Å². The minimum absolute atomic E-state index is 0.191. The Kier molecular flexibility index (Phi) is 10.8. The molecule has 1 atom stereocenters. The maximum Gasteiger partial charge on any atom is 0.417 e. The van der Waals surface area contributed by atoms with Crippen molar-refractivity contribution < 1.29 is 14.3 Å². The van der Waals surface area contributed by atoms with Crippen molar-refractivity contribution in [2.45, 2.75) is 98.5 Å². The van der Waals surface area contributed by atoms with Crippen molar-refractivity contribution in [2.75, 3.05) is 5.32 Å². The first kappa shape index (κ1) is 29.3. The SMILES string of the molecule is CC(C)=CCCC(C)=CCCC(C)=CCCC1(C)CCc2cc(OC(=O)Nc3ccccc3)cc(C)c2O1. The first-order chi connectivity index (χ1) is 18.1. The maximum atomic E-state index is 12.3. The number of benzene rings is 2. The molecule has 2 aromatic carbocycles. The van der Waals surface area contributed by atoms with E-state index < -0.39 is 6.09 Å². The number of carbonyl (C=O) groups excluding carboxylic acids is 1. The highest BCUT2D eigenvalue weighted by Crippen LogP contribution is 2.40. The number of aryl methyl sites for hydroxylation is 2. The van der Waals surface area contributed by atoms with Gasteiger partial charge in [0.25, 0.3) is 0 Å². The topological polar surface area (TPSA) is 47.6 Å². The molecule has 204 valence electrons. The van der Waals surface area contributed by atoms with Crippen molar-refractivity contribution in [1.29, 1.82) is 0 Å².